The number of anilines is 1. The van der Waals surface area contributed by atoms with Gasteiger partial charge in [0.15, 0.2) is 0 Å². The molecule has 1 amide bonds. The number of hydrogen-bond acceptors (Lipinski definition) is 4. The first-order valence-corrected chi connectivity index (χ1v) is 6.66. The second kappa shape index (κ2) is 7.05. The Bertz CT molecular complexity index is 500. The van der Waals surface area contributed by atoms with Crippen molar-refractivity contribution in [3.05, 3.63) is 29.3 Å². The average molecular weight is 278 g/mol. The molecule has 0 fully saturated rings. The molecule has 0 aliphatic heterocycles. The van der Waals surface area contributed by atoms with Crippen LogP contribution in [-0.4, -0.2) is 25.0 Å². The molecule has 1 rings (SSSR count). The van der Waals surface area contributed by atoms with Gasteiger partial charge in [0, 0.05) is 5.69 Å². The van der Waals surface area contributed by atoms with Crippen LogP contribution in [0.15, 0.2) is 18.2 Å². The molecule has 1 aromatic carbocycles. The van der Waals surface area contributed by atoms with Crippen LogP contribution in [-0.2, 0) is 9.53 Å². The Morgan fingerprint density at radius 2 is 2.05 bits per heavy atom. The number of nitrogens with two attached hydrogens (primary N) is 1. The Hall–Kier alpha value is -1.88. The van der Waals surface area contributed by atoms with Gasteiger partial charge >= 0.3 is 5.97 Å². The predicted octanol–water partition coefficient (Wildman–Crippen LogP) is 2.09. The zero-order chi connectivity index (χ0) is 15.3. The lowest BCUT2D eigenvalue weighted by Crippen LogP contribution is -2.40. The van der Waals surface area contributed by atoms with Crippen LogP contribution in [0.4, 0.5) is 5.69 Å². The Kier molecular flexibility index (Phi) is 5.70. The zero-order valence-electron chi connectivity index (χ0n) is 12.4. The number of carbonyl (C=O) groups excluding carboxylic acids is 2. The predicted molar refractivity (Wildman–Crippen MR) is 78.6 cm³/mol. The van der Waals surface area contributed by atoms with Gasteiger partial charge in [-0.05, 0) is 30.5 Å². The minimum atomic E-state index is -0.568. The van der Waals surface area contributed by atoms with E-state index in [2.05, 4.69) is 5.32 Å². The fourth-order valence-corrected chi connectivity index (χ4v) is 1.83. The Morgan fingerprint density at radius 3 is 2.60 bits per heavy atom. The third-order valence-corrected chi connectivity index (χ3v) is 3.56. The summed E-state index contributed by atoms with van der Waals surface area (Å²) in [6, 6.07) is 4.53. The number of benzene rings is 1. The molecule has 0 heterocycles. The number of nitrogens with one attached hydrogen (secondary N) is 1. The molecule has 1 aromatic rings. The SMILES string of the molecule is CC[C@H](C)[C@H](N)C(=O)Nc1cccc(C(=O)OC)c1C. The van der Waals surface area contributed by atoms with E-state index in [1.54, 1.807) is 25.1 Å². The molecular weight excluding hydrogens is 256 g/mol. The van der Waals surface area contributed by atoms with Crippen molar-refractivity contribution in [3.8, 4) is 0 Å². The second-order valence-corrected chi connectivity index (χ2v) is 4.87. The molecule has 0 bridgehead atoms. The number of ether oxygens (including phenoxy) is 1. The molecule has 0 spiro atoms. The number of carbonyl (C=O) groups is 2. The highest BCUT2D eigenvalue weighted by atomic mass is 16.5. The summed E-state index contributed by atoms with van der Waals surface area (Å²) in [7, 11) is 1.33. The molecular formula is C15H22N2O3. The first-order valence-electron chi connectivity index (χ1n) is 6.66. The summed E-state index contributed by atoms with van der Waals surface area (Å²) in [5.74, 6) is -0.576. The van der Waals surface area contributed by atoms with Crippen LogP contribution in [0.3, 0.4) is 0 Å². The summed E-state index contributed by atoms with van der Waals surface area (Å²) in [6.07, 6.45) is 0.829. The van der Waals surface area contributed by atoms with Gasteiger partial charge in [0.05, 0.1) is 18.7 Å². The van der Waals surface area contributed by atoms with Crippen molar-refractivity contribution in [2.45, 2.75) is 33.2 Å². The molecule has 0 aliphatic rings. The largest absolute Gasteiger partial charge is 0.465 e. The van der Waals surface area contributed by atoms with E-state index in [0.29, 0.717) is 16.8 Å². The van der Waals surface area contributed by atoms with Gasteiger partial charge in [0.25, 0.3) is 0 Å². The van der Waals surface area contributed by atoms with Crippen molar-refractivity contribution in [1.82, 2.24) is 0 Å². The van der Waals surface area contributed by atoms with E-state index >= 15 is 0 Å². The van der Waals surface area contributed by atoms with E-state index in [0.717, 1.165) is 6.42 Å². The first-order chi connectivity index (χ1) is 9.42. The molecule has 5 heteroatoms. The van der Waals surface area contributed by atoms with E-state index < -0.39 is 12.0 Å². The molecule has 0 aromatic heterocycles. The summed E-state index contributed by atoms with van der Waals surface area (Å²) in [5, 5.41) is 2.77. The molecule has 0 unspecified atom stereocenters. The smallest absolute Gasteiger partial charge is 0.338 e. The van der Waals surface area contributed by atoms with Gasteiger partial charge in [-0.1, -0.05) is 26.3 Å². The van der Waals surface area contributed by atoms with Gasteiger partial charge in [-0.15, -0.1) is 0 Å². The van der Waals surface area contributed by atoms with Crippen LogP contribution in [0.1, 0.15) is 36.2 Å². The van der Waals surface area contributed by atoms with Crippen molar-refractivity contribution in [2.24, 2.45) is 11.7 Å². The Balaban J connectivity index is 2.94. The maximum atomic E-state index is 12.1. The molecule has 2 atom stereocenters. The number of hydrogen-bond donors (Lipinski definition) is 2. The lowest BCUT2D eigenvalue weighted by atomic mass is 9.99. The number of amides is 1. The highest BCUT2D eigenvalue weighted by molar-refractivity contribution is 5.98. The fraction of sp³-hybridized carbons (Fsp3) is 0.467. The quantitative estimate of drug-likeness (QED) is 0.808. The molecule has 3 N–H and O–H groups in total. The maximum absolute atomic E-state index is 12.1. The second-order valence-electron chi connectivity index (χ2n) is 4.87. The fourth-order valence-electron chi connectivity index (χ4n) is 1.83. The van der Waals surface area contributed by atoms with Gasteiger partial charge in [0.1, 0.15) is 0 Å². The van der Waals surface area contributed by atoms with Crippen LogP contribution in [0.5, 0.6) is 0 Å². The van der Waals surface area contributed by atoms with E-state index in [-0.39, 0.29) is 11.8 Å². The average Bonchev–Trinajstić information content (AvgIpc) is 2.46. The minimum absolute atomic E-state index is 0.0964. The first kappa shape index (κ1) is 16.2. The van der Waals surface area contributed by atoms with Crippen LogP contribution in [0.2, 0.25) is 0 Å². The van der Waals surface area contributed by atoms with Crippen molar-refractivity contribution >= 4 is 17.6 Å². The van der Waals surface area contributed by atoms with Gasteiger partial charge < -0.3 is 15.8 Å². The summed E-state index contributed by atoms with van der Waals surface area (Å²) >= 11 is 0. The monoisotopic (exact) mass is 278 g/mol. The molecule has 20 heavy (non-hydrogen) atoms. The standard InChI is InChI=1S/C15H22N2O3/c1-5-9(2)13(16)14(18)17-12-8-6-7-11(10(12)3)15(19)20-4/h6-9,13H,5,16H2,1-4H3,(H,17,18)/t9-,13-/m0/s1. The van der Waals surface area contributed by atoms with E-state index in [9.17, 15) is 9.59 Å². The van der Waals surface area contributed by atoms with E-state index in [4.69, 9.17) is 10.5 Å². The Morgan fingerprint density at radius 1 is 1.40 bits per heavy atom. The highest BCUT2D eigenvalue weighted by Gasteiger charge is 2.21. The summed E-state index contributed by atoms with van der Waals surface area (Å²) in [5.41, 5.74) is 7.57. The van der Waals surface area contributed by atoms with Crippen molar-refractivity contribution in [1.29, 1.82) is 0 Å². The number of rotatable bonds is 5. The number of methoxy groups -OCH3 is 1. The zero-order valence-corrected chi connectivity index (χ0v) is 12.4. The third-order valence-electron chi connectivity index (χ3n) is 3.56. The maximum Gasteiger partial charge on any atom is 0.338 e. The summed E-state index contributed by atoms with van der Waals surface area (Å²) < 4.78 is 4.70. The molecule has 0 saturated carbocycles. The normalized spacial score (nSPS) is 13.4. The minimum Gasteiger partial charge on any atom is -0.465 e. The van der Waals surface area contributed by atoms with Gasteiger partial charge in [0.2, 0.25) is 5.91 Å². The van der Waals surface area contributed by atoms with Crippen molar-refractivity contribution in [2.75, 3.05) is 12.4 Å². The van der Waals surface area contributed by atoms with Crippen LogP contribution >= 0.6 is 0 Å². The Labute approximate surface area is 119 Å². The van der Waals surface area contributed by atoms with Crippen LogP contribution < -0.4 is 11.1 Å². The third kappa shape index (κ3) is 3.57. The van der Waals surface area contributed by atoms with Gasteiger partial charge in [-0.25, -0.2) is 4.79 Å². The van der Waals surface area contributed by atoms with Gasteiger partial charge in [-0.3, -0.25) is 4.79 Å². The summed E-state index contributed by atoms with van der Waals surface area (Å²) in [6.45, 7) is 5.68. The number of esters is 1. The summed E-state index contributed by atoms with van der Waals surface area (Å²) in [4.78, 5) is 23.7. The molecule has 0 saturated heterocycles. The van der Waals surface area contributed by atoms with Crippen LogP contribution in [0, 0.1) is 12.8 Å². The van der Waals surface area contributed by atoms with Crippen LogP contribution in [0.25, 0.3) is 0 Å². The molecule has 0 aliphatic carbocycles. The lowest BCUT2D eigenvalue weighted by molar-refractivity contribution is -0.118. The molecule has 5 nitrogen and oxygen atoms in total. The van der Waals surface area contributed by atoms with Crippen molar-refractivity contribution in [3.63, 3.8) is 0 Å². The topological polar surface area (TPSA) is 81.4 Å². The molecule has 0 radical (unpaired) electrons. The lowest BCUT2D eigenvalue weighted by Gasteiger charge is -2.19. The van der Waals surface area contributed by atoms with Gasteiger partial charge in [-0.2, -0.15) is 0 Å². The van der Waals surface area contributed by atoms with E-state index in [1.165, 1.54) is 7.11 Å². The highest BCUT2D eigenvalue weighted by Crippen LogP contribution is 2.20. The van der Waals surface area contributed by atoms with E-state index in [1.807, 2.05) is 13.8 Å². The molecule has 110 valence electrons. The van der Waals surface area contributed by atoms with Crippen molar-refractivity contribution < 1.29 is 14.3 Å².